The smallest absolute Gasteiger partial charge is 0.348 e. The molecule has 2 aromatic rings. The fourth-order valence-electron chi connectivity index (χ4n) is 4.52. The van der Waals surface area contributed by atoms with E-state index in [0.717, 1.165) is 60.1 Å². The third kappa shape index (κ3) is 4.45. The molecule has 2 unspecified atom stereocenters. The highest BCUT2D eigenvalue weighted by atomic mass is 32.1. The summed E-state index contributed by atoms with van der Waals surface area (Å²) in [6.45, 7) is 12.9. The Hall–Kier alpha value is -1.77. The predicted octanol–water partition coefficient (Wildman–Crippen LogP) is 3.78. The number of fused-ring (bicyclic) bond motifs is 1. The highest BCUT2D eigenvalue weighted by Gasteiger charge is 2.29. The number of aromatic nitrogens is 2. The molecule has 2 fully saturated rings. The van der Waals surface area contributed by atoms with Crippen molar-refractivity contribution in [3.05, 3.63) is 16.3 Å². The van der Waals surface area contributed by atoms with Gasteiger partial charge in [0.15, 0.2) is 0 Å². The van der Waals surface area contributed by atoms with Crippen molar-refractivity contribution in [2.45, 2.75) is 65.7 Å². The number of esters is 1. The molecule has 0 bridgehead atoms. The Bertz CT molecular complexity index is 899. The van der Waals surface area contributed by atoms with Crippen LogP contribution in [-0.4, -0.2) is 65.8 Å². The maximum absolute atomic E-state index is 12.5. The van der Waals surface area contributed by atoms with E-state index in [1.54, 1.807) is 0 Å². The Morgan fingerprint density at radius 2 is 1.87 bits per heavy atom. The van der Waals surface area contributed by atoms with E-state index in [-0.39, 0.29) is 18.2 Å². The standard InChI is InChI=1S/C22H32N4O3S/c1-5-28-22(27)19-16(4)18-20(26-11-14(2)29-15(3)12-26)23-17(24-21(18)30-19)13-25-9-7-6-8-10-25/h14-15H,5-13H2,1-4H3. The summed E-state index contributed by atoms with van der Waals surface area (Å²) < 4.78 is 11.2. The summed E-state index contributed by atoms with van der Waals surface area (Å²) >= 11 is 1.43. The number of piperidine rings is 1. The number of rotatable bonds is 5. The maximum Gasteiger partial charge on any atom is 0.348 e. The van der Waals surface area contributed by atoms with Crippen LogP contribution < -0.4 is 4.90 Å². The monoisotopic (exact) mass is 432 g/mol. The molecule has 0 radical (unpaired) electrons. The van der Waals surface area contributed by atoms with Crippen LogP contribution in [-0.2, 0) is 16.0 Å². The first kappa shape index (κ1) is 21.5. The van der Waals surface area contributed by atoms with Gasteiger partial charge in [-0.2, -0.15) is 0 Å². The average Bonchev–Trinajstić information content (AvgIpc) is 3.04. The summed E-state index contributed by atoms with van der Waals surface area (Å²) in [6, 6.07) is 0. The van der Waals surface area contributed by atoms with Crippen molar-refractivity contribution in [2.24, 2.45) is 0 Å². The lowest BCUT2D eigenvalue weighted by atomic mass is 10.1. The van der Waals surface area contributed by atoms with Crippen LogP contribution in [0.25, 0.3) is 10.2 Å². The number of nitrogens with zero attached hydrogens (tertiary/aromatic N) is 4. The Morgan fingerprint density at radius 1 is 1.17 bits per heavy atom. The number of carbonyl (C=O) groups excluding carboxylic acids is 1. The number of thiophene rings is 1. The highest BCUT2D eigenvalue weighted by molar-refractivity contribution is 7.20. The van der Waals surface area contributed by atoms with Gasteiger partial charge in [-0.05, 0) is 59.2 Å². The summed E-state index contributed by atoms with van der Waals surface area (Å²) in [4.78, 5) is 28.7. The van der Waals surface area contributed by atoms with Gasteiger partial charge in [0.2, 0.25) is 0 Å². The minimum atomic E-state index is -0.273. The van der Waals surface area contributed by atoms with Gasteiger partial charge in [-0.25, -0.2) is 14.8 Å². The van der Waals surface area contributed by atoms with Gasteiger partial charge in [0.05, 0.1) is 30.7 Å². The van der Waals surface area contributed by atoms with Crippen LogP contribution in [0.1, 0.15) is 61.1 Å². The SMILES string of the molecule is CCOC(=O)c1sc2nc(CN3CCCCC3)nc(N3CC(C)OC(C)C3)c2c1C. The molecule has 8 heteroatoms. The molecular weight excluding hydrogens is 400 g/mol. The van der Waals surface area contributed by atoms with Crippen LogP contribution in [0.3, 0.4) is 0 Å². The molecule has 2 atom stereocenters. The molecular formula is C22H32N4O3S. The van der Waals surface area contributed by atoms with Crippen molar-refractivity contribution in [3.8, 4) is 0 Å². The number of hydrogen-bond acceptors (Lipinski definition) is 8. The molecule has 30 heavy (non-hydrogen) atoms. The first-order valence-corrected chi connectivity index (χ1v) is 11.9. The number of carbonyl (C=O) groups is 1. The first-order valence-electron chi connectivity index (χ1n) is 11.1. The molecule has 4 heterocycles. The second-order valence-corrected chi connectivity index (χ2v) is 9.42. The van der Waals surface area contributed by atoms with Gasteiger partial charge >= 0.3 is 5.97 Å². The number of likely N-dealkylation sites (tertiary alicyclic amines) is 1. The molecule has 4 rings (SSSR count). The van der Waals surface area contributed by atoms with Crippen molar-refractivity contribution in [1.82, 2.24) is 14.9 Å². The minimum absolute atomic E-state index is 0.132. The molecule has 0 amide bonds. The lowest BCUT2D eigenvalue weighted by Gasteiger charge is -2.36. The van der Waals surface area contributed by atoms with Crippen LogP contribution >= 0.6 is 11.3 Å². The zero-order valence-electron chi connectivity index (χ0n) is 18.4. The number of hydrogen-bond donors (Lipinski definition) is 0. The molecule has 0 spiro atoms. The number of ether oxygens (including phenoxy) is 2. The molecule has 2 aromatic heterocycles. The van der Waals surface area contributed by atoms with Crippen LogP contribution in [0.2, 0.25) is 0 Å². The van der Waals surface area contributed by atoms with Crippen molar-refractivity contribution < 1.29 is 14.3 Å². The van der Waals surface area contributed by atoms with Crippen LogP contribution in [0.15, 0.2) is 0 Å². The van der Waals surface area contributed by atoms with Crippen molar-refractivity contribution in [2.75, 3.05) is 37.7 Å². The van der Waals surface area contributed by atoms with Gasteiger partial charge in [0.25, 0.3) is 0 Å². The Balaban J connectivity index is 1.77. The van der Waals surface area contributed by atoms with Crippen molar-refractivity contribution in [3.63, 3.8) is 0 Å². The molecule has 0 saturated carbocycles. The molecule has 2 saturated heterocycles. The average molecular weight is 433 g/mol. The fourth-order valence-corrected chi connectivity index (χ4v) is 5.61. The van der Waals surface area contributed by atoms with E-state index in [0.29, 0.717) is 11.5 Å². The van der Waals surface area contributed by atoms with E-state index in [1.165, 1.54) is 30.6 Å². The minimum Gasteiger partial charge on any atom is -0.462 e. The van der Waals surface area contributed by atoms with E-state index >= 15 is 0 Å². The normalized spacial score (nSPS) is 23.1. The van der Waals surface area contributed by atoms with E-state index in [2.05, 4.69) is 23.6 Å². The molecule has 2 aliphatic heterocycles. The Kier molecular flexibility index (Phi) is 6.55. The maximum atomic E-state index is 12.5. The summed E-state index contributed by atoms with van der Waals surface area (Å²) in [5.74, 6) is 1.49. The molecule has 2 aliphatic rings. The summed E-state index contributed by atoms with van der Waals surface area (Å²) in [5, 5.41) is 0.978. The second-order valence-electron chi connectivity index (χ2n) is 8.42. The Labute approximate surface area is 182 Å². The molecule has 164 valence electrons. The van der Waals surface area contributed by atoms with Gasteiger partial charge in [-0.3, -0.25) is 4.90 Å². The quantitative estimate of drug-likeness (QED) is 0.666. The van der Waals surface area contributed by atoms with E-state index in [1.807, 2.05) is 13.8 Å². The summed E-state index contributed by atoms with van der Waals surface area (Å²) in [5.41, 5.74) is 0.916. The fraction of sp³-hybridized carbons (Fsp3) is 0.682. The summed E-state index contributed by atoms with van der Waals surface area (Å²) in [6.07, 6.45) is 4.04. The van der Waals surface area contributed by atoms with Crippen molar-refractivity contribution >= 4 is 33.3 Å². The predicted molar refractivity (Wildman–Crippen MR) is 119 cm³/mol. The number of aryl methyl sites for hydroxylation is 1. The Morgan fingerprint density at radius 3 is 2.53 bits per heavy atom. The zero-order valence-corrected chi connectivity index (χ0v) is 19.3. The van der Waals surface area contributed by atoms with Crippen LogP contribution in [0.4, 0.5) is 5.82 Å². The molecule has 0 N–H and O–H groups in total. The summed E-state index contributed by atoms with van der Waals surface area (Å²) in [7, 11) is 0. The largest absolute Gasteiger partial charge is 0.462 e. The molecule has 0 aliphatic carbocycles. The van der Waals surface area contributed by atoms with Gasteiger partial charge in [-0.15, -0.1) is 11.3 Å². The van der Waals surface area contributed by atoms with Gasteiger partial charge in [0, 0.05) is 13.1 Å². The van der Waals surface area contributed by atoms with E-state index < -0.39 is 0 Å². The van der Waals surface area contributed by atoms with E-state index in [4.69, 9.17) is 19.4 Å². The lowest BCUT2D eigenvalue weighted by Crippen LogP contribution is -2.46. The highest BCUT2D eigenvalue weighted by Crippen LogP contribution is 2.37. The van der Waals surface area contributed by atoms with Crippen LogP contribution in [0.5, 0.6) is 0 Å². The lowest BCUT2D eigenvalue weighted by molar-refractivity contribution is -0.00540. The van der Waals surface area contributed by atoms with Crippen LogP contribution in [0, 0.1) is 6.92 Å². The topological polar surface area (TPSA) is 67.8 Å². The molecule has 7 nitrogen and oxygen atoms in total. The van der Waals surface area contributed by atoms with E-state index in [9.17, 15) is 4.79 Å². The number of anilines is 1. The third-order valence-electron chi connectivity index (χ3n) is 5.81. The second kappa shape index (κ2) is 9.16. The molecule has 0 aromatic carbocycles. The van der Waals surface area contributed by atoms with Crippen molar-refractivity contribution in [1.29, 1.82) is 0 Å². The zero-order chi connectivity index (χ0) is 21.3. The van der Waals surface area contributed by atoms with Gasteiger partial charge < -0.3 is 14.4 Å². The third-order valence-corrected chi connectivity index (χ3v) is 6.98. The van der Waals surface area contributed by atoms with Gasteiger partial charge in [0.1, 0.15) is 21.3 Å². The first-order chi connectivity index (χ1) is 14.5. The number of morpholine rings is 1. The van der Waals surface area contributed by atoms with Gasteiger partial charge in [-0.1, -0.05) is 6.42 Å².